The van der Waals surface area contributed by atoms with E-state index < -0.39 is 13.8 Å². The number of fused-ring (bicyclic) bond motifs is 2. The summed E-state index contributed by atoms with van der Waals surface area (Å²) in [6, 6.07) is 21.2. The van der Waals surface area contributed by atoms with Gasteiger partial charge in [0.25, 0.3) is 0 Å². The molecule has 0 aliphatic carbocycles. The van der Waals surface area contributed by atoms with Gasteiger partial charge in [-0.1, -0.05) is 48.5 Å². The summed E-state index contributed by atoms with van der Waals surface area (Å²) in [4.78, 5) is 0. The number of rotatable bonds is 5. The second-order valence-electron chi connectivity index (χ2n) is 6.26. The molecule has 0 aromatic heterocycles. The van der Waals surface area contributed by atoms with Gasteiger partial charge in [-0.25, -0.2) is 4.57 Å². The molecule has 0 saturated heterocycles. The summed E-state index contributed by atoms with van der Waals surface area (Å²) in [6.45, 7) is 0. The van der Waals surface area contributed by atoms with Crippen LogP contribution in [0, 0.1) is 0 Å². The molecule has 8 heteroatoms. The molecular weight excluding hydrogens is 529 g/mol. The maximum absolute atomic E-state index is 13.8. The van der Waals surface area contributed by atoms with Crippen LogP contribution in [0.4, 0.5) is 8.78 Å². The minimum Gasteiger partial charge on any atom is -0.411 e. The van der Waals surface area contributed by atoms with Gasteiger partial charge in [0.2, 0.25) is 0 Å². The maximum Gasteiger partial charge on any atom is 0.497 e. The van der Waals surface area contributed by atoms with Crippen LogP contribution in [0.25, 0.3) is 21.5 Å². The molecule has 0 amide bonds. The van der Waals surface area contributed by atoms with E-state index in [2.05, 4.69) is 31.9 Å². The van der Waals surface area contributed by atoms with E-state index in [0.717, 1.165) is 21.5 Å². The van der Waals surface area contributed by atoms with Crippen molar-refractivity contribution < 1.29 is 22.4 Å². The van der Waals surface area contributed by atoms with E-state index in [0.29, 0.717) is 8.95 Å². The standard InChI is InChI=1S/C21H13Br2F2O3P/c22-17-9-13-5-1-3-7-15(13)11-19(17)27-29(26,21(24)25)28-20-12-16-8-4-2-6-14(16)10-18(20)23/h1-12,21H. The molecule has 0 fully saturated rings. The van der Waals surface area contributed by atoms with Crippen molar-refractivity contribution in [1.29, 1.82) is 0 Å². The third-order valence-corrected chi connectivity index (χ3v) is 6.91. The van der Waals surface area contributed by atoms with E-state index >= 15 is 0 Å². The molecule has 0 aliphatic rings. The van der Waals surface area contributed by atoms with Crippen LogP contribution in [0.5, 0.6) is 11.5 Å². The van der Waals surface area contributed by atoms with Crippen molar-refractivity contribution in [3.05, 3.63) is 81.7 Å². The smallest absolute Gasteiger partial charge is 0.411 e. The lowest BCUT2D eigenvalue weighted by atomic mass is 10.1. The maximum atomic E-state index is 13.8. The molecule has 0 radical (unpaired) electrons. The lowest BCUT2D eigenvalue weighted by Crippen LogP contribution is -2.09. The van der Waals surface area contributed by atoms with Crippen LogP contribution in [0.1, 0.15) is 0 Å². The molecule has 0 spiro atoms. The van der Waals surface area contributed by atoms with Gasteiger partial charge in [-0.3, -0.25) is 0 Å². The number of hydrogen-bond acceptors (Lipinski definition) is 3. The minimum atomic E-state index is -4.84. The second kappa shape index (κ2) is 8.05. The van der Waals surface area contributed by atoms with Crippen LogP contribution in [-0.4, -0.2) is 6.17 Å². The normalized spacial score (nSPS) is 11.9. The quantitative estimate of drug-likeness (QED) is 0.238. The van der Waals surface area contributed by atoms with Crippen molar-refractivity contribution in [2.75, 3.05) is 0 Å². The highest BCUT2D eigenvalue weighted by atomic mass is 79.9. The van der Waals surface area contributed by atoms with Gasteiger partial charge >= 0.3 is 13.8 Å². The zero-order valence-electron chi connectivity index (χ0n) is 14.7. The Bertz CT molecular complexity index is 1170. The van der Waals surface area contributed by atoms with E-state index in [1.54, 1.807) is 24.3 Å². The number of hydrogen-bond donors (Lipinski definition) is 0. The Morgan fingerprint density at radius 1 is 0.690 bits per heavy atom. The molecule has 0 atom stereocenters. The highest BCUT2D eigenvalue weighted by molar-refractivity contribution is 9.11. The Hall–Kier alpha value is -1.95. The van der Waals surface area contributed by atoms with E-state index in [9.17, 15) is 13.3 Å². The van der Waals surface area contributed by atoms with Gasteiger partial charge in [-0.05, 0) is 77.7 Å². The average Bonchev–Trinajstić information content (AvgIpc) is 2.69. The summed E-state index contributed by atoms with van der Waals surface area (Å²) < 4.78 is 52.0. The molecule has 4 aromatic rings. The zero-order valence-corrected chi connectivity index (χ0v) is 18.8. The van der Waals surface area contributed by atoms with Crippen LogP contribution in [-0.2, 0) is 4.57 Å². The Balaban J connectivity index is 1.73. The van der Waals surface area contributed by atoms with Crippen LogP contribution in [0.3, 0.4) is 0 Å². The van der Waals surface area contributed by atoms with Gasteiger partial charge in [0, 0.05) is 0 Å². The average molecular weight is 542 g/mol. The molecule has 0 bridgehead atoms. The molecule has 148 valence electrons. The fraction of sp³-hybridized carbons (Fsp3) is 0.0476. The Morgan fingerprint density at radius 2 is 1.03 bits per heavy atom. The molecule has 0 unspecified atom stereocenters. The third-order valence-electron chi connectivity index (χ3n) is 4.29. The van der Waals surface area contributed by atoms with Crippen molar-refractivity contribution in [2.45, 2.75) is 6.17 Å². The van der Waals surface area contributed by atoms with Crippen molar-refractivity contribution >= 4 is 61.0 Å². The molecule has 29 heavy (non-hydrogen) atoms. The first-order valence-electron chi connectivity index (χ1n) is 8.49. The van der Waals surface area contributed by atoms with Gasteiger partial charge in [0.15, 0.2) is 0 Å². The monoisotopic (exact) mass is 540 g/mol. The molecule has 0 heterocycles. The van der Waals surface area contributed by atoms with Crippen molar-refractivity contribution in [3.63, 3.8) is 0 Å². The number of benzene rings is 4. The number of alkyl halides is 2. The summed E-state index contributed by atoms with van der Waals surface area (Å²) in [6.07, 6.45) is -3.33. The van der Waals surface area contributed by atoms with Crippen LogP contribution >= 0.6 is 39.5 Å². The van der Waals surface area contributed by atoms with E-state index in [1.165, 1.54) is 0 Å². The lowest BCUT2D eigenvalue weighted by Gasteiger charge is -2.21. The summed E-state index contributed by atoms with van der Waals surface area (Å²) in [7, 11) is -4.84. The Kier molecular flexibility index (Phi) is 5.65. The molecule has 4 aromatic carbocycles. The first-order chi connectivity index (χ1) is 13.9. The van der Waals surface area contributed by atoms with Gasteiger partial charge < -0.3 is 9.05 Å². The third kappa shape index (κ3) is 4.18. The van der Waals surface area contributed by atoms with E-state index in [4.69, 9.17) is 9.05 Å². The zero-order chi connectivity index (χ0) is 20.6. The highest BCUT2D eigenvalue weighted by Crippen LogP contribution is 2.56. The van der Waals surface area contributed by atoms with Gasteiger partial charge in [0.05, 0.1) is 8.95 Å². The highest BCUT2D eigenvalue weighted by Gasteiger charge is 2.41. The van der Waals surface area contributed by atoms with Gasteiger partial charge in [0.1, 0.15) is 11.5 Å². The summed E-state index contributed by atoms with van der Waals surface area (Å²) >= 11 is 6.59. The van der Waals surface area contributed by atoms with E-state index in [1.807, 2.05) is 48.5 Å². The van der Waals surface area contributed by atoms with Gasteiger partial charge in [-0.15, -0.1) is 0 Å². The first kappa shape index (κ1) is 20.3. The Labute approximate surface area is 182 Å². The van der Waals surface area contributed by atoms with E-state index in [-0.39, 0.29) is 11.5 Å². The predicted molar refractivity (Wildman–Crippen MR) is 118 cm³/mol. The summed E-state index contributed by atoms with van der Waals surface area (Å²) in [5, 5.41) is 3.30. The molecule has 0 N–H and O–H groups in total. The minimum absolute atomic E-state index is 0.0178. The molecule has 0 aliphatic heterocycles. The molecule has 4 rings (SSSR count). The van der Waals surface area contributed by atoms with Crippen molar-refractivity contribution in [1.82, 2.24) is 0 Å². The molecular formula is C21H13Br2F2O3P. The van der Waals surface area contributed by atoms with Crippen LogP contribution in [0.15, 0.2) is 81.7 Å². The molecule has 0 saturated carbocycles. The number of halogens is 4. The Morgan fingerprint density at radius 3 is 1.38 bits per heavy atom. The van der Waals surface area contributed by atoms with Crippen molar-refractivity contribution in [3.8, 4) is 11.5 Å². The summed E-state index contributed by atoms with van der Waals surface area (Å²) in [5.74, 6) is 0.0356. The summed E-state index contributed by atoms with van der Waals surface area (Å²) in [5.41, 5.74) is 0. The SMILES string of the molecule is O=P(Oc1cc2ccccc2cc1Br)(Oc1cc2ccccc2cc1Br)C(F)F. The second-order valence-corrected chi connectivity index (χ2v) is 9.80. The fourth-order valence-corrected chi connectivity index (χ4v) is 5.08. The fourth-order valence-electron chi connectivity index (χ4n) is 2.90. The topological polar surface area (TPSA) is 35.5 Å². The largest absolute Gasteiger partial charge is 0.497 e. The van der Waals surface area contributed by atoms with Crippen LogP contribution in [0.2, 0.25) is 0 Å². The predicted octanol–water partition coefficient (Wildman–Crippen LogP) is 8.39. The first-order valence-corrected chi connectivity index (χ1v) is 11.7. The molecule has 3 nitrogen and oxygen atoms in total. The van der Waals surface area contributed by atoms with Crippen LogP contribution < -0.4 is 9.05 Å². The van der Waals surface area contributed by atoms with Crippen molar-refractivity contribution in [2.24, 2.45) is 0 Å². The lowest BCUT2D eigenvalue weighted by molar-refractivity contribution is 0.191. The van der Waals surface area contributed by atoms with Gasteiger partial charge in [-0.2, -0.15) is 8.78 Å².